The lowest BCUT2D eigenvalue weighted by Gasteiger charge is -2.11. The zero-order valence-corrected chi connectivity index (χ0v) is 16.7. The highest BCUT2D eigenvalue weighted by atomic mass is 15.1. The largest absolute Gasteiger partial charge is 0.378 e. The Morgan fingerprint density at radius 2 is 1.21 bits per heavy atom. The second-order valence-electron chi connectivity index (χ2n) is 6.90. The standard InChI is InChI=1S/C16H18N2.C10H8/c1-13-12-15(10-11-17-13)5-4-14-6-8-16(9-7-14)18(2)3;1-2-6-10-8-4-3-7-9(10)5-1/h4-12H,1-3H3;1-8H. The number of rotatable bonds is 3. The van der Waals surface area contributed by atoms with Crippen LogP contribution in [-0.2, 0) is 0 Å². The first-order valence-corrected chi connectivity index (χ1v) is 9.44. The van der Waals surface area contributed by atoms with Gasteiger partial charge in [0.1, 0.15) is 0 Å². The lowest BCUT2D eigenvalue weighted by Crippen LogP contribution is -2.07. The fourth-order valence-electron chi connectivity index (χ4n) is 2.88. The highest BCUT2D eigenvalue weighted by Crippen LogP contribution is 2.14. The van der Waals surface area contributed by atoms with Gasteiger partial charge in [-0.2, -0.15) is 0 Å². The summed E-state index contributed by atoms with van der Waals surface area (Å²) in [6.07, 6.45) is 6.07. The van der Waals surface area contributed by atoms with Crippen LogP contribution in [0.2, 0.25) is 0 Å². The van der Waals surface area contributed by atoms with Gasteiger partial charge in [0.2, 0.25) is 0 Å². The van der Waals surface area contributed by atoms with Crippen molar-refractivity contribution < 1.29 is 0 Å². The highest BCUT2D eigenvalue weighted by Gasteiger charge is 1.94. The number of anilines is 1. The maximum Gasteiger partial charge on any atom is 0.0378 e. The molecule has 0 radical (unpaired) electrons. The van der Waals surface area contributed by atoms with Gasteiger partial charge in [-0.05, 0) is 53.1 Å². The van der Waals surface area contributed by atoms with E-state index < -0.39 is 0 Å². The molecule has 4 aromatic rings. The SMILES string of the molecule is Cc1cc(C=Cc2ccc(N(C)C)cc2)ccn1.c1ccc2ccccc2c1. The lowest BCUT2D eigenvalue weighted by molar-refractivity contribution is 1.13. The molecule has 0 amide bonds. The predicted molar refractivity (Wildman–Crippen MR) is 123 cm³/mol. The third-order valence-corrected chi connectivity index (χ3v) is 4.46. The summed E-state index contributed by atoms with van der Waals surface area (Å²) >= 11 is 0. The minimum atomic E-state index is 1.04. The van der Waals surface area contributed by atoms with Crippen molar-refractivity contribution in [3.05, 3.63) is 108 Å². The van der Waals surface area contributed by atoms with Gasteiger partial charge in [-0.3, -0.25) is 4.98 Å². The van der Waals surface area contributed by atoms with E-state index in [-0.39, 0.29) is 0 Å². The van der Waals surface area contributed by atoms with Gasteiger partial charge in [-0.1, -0.05) is 72.8 Å². The van der Waals surface area contributed by atoms with Gasteiger partial charge in [-0.15, -0.1) is 0 Å². The summed E-state index contributed by atoms with van der Waals surface area (Å²) < 4.78 is 0. The van der Waals surface area contributed by atoms with Crippen LogP contribution in [0.15, 0.2) is 91.1 Å². The van der Waals surface area contributed by atoms with Gasteiger partial charge in [-0.25, -0.2) is 0 Å². The molecular weight excluding hydrogens is 340 g/mol. The summed E-state index contributed by atoms with van der Waals surface area (Å²) in [5, 5.41) is 2.62. The van der Waals surface area contributed by atoms with E-state index >= 15 is 0 Å². The Bertz CT molecular complexity index is 982. The molecule has 3 aromatic carbocycles. The molecule has 0 aliphatic heterocycles. The molecule has 140 valence electrons. The van der Waals surface area contributed by atoms with E-state index in [4.69, 9.17) is 0 Å². The third-order valence-electron chi connectivity index (χ3n) is 4.46. The molecule has 0 N–H and O–H groups in total. The van der Waals surface area contributed by atoms with Gasteiger partial charge in [0.25, 0.3) is 0 Å². The molecule has 2 nitrogen and oxygen atoms in total. The molecule has 2 heteroatoms. The summed E-state index contributed by atoms with van der Waals surface area (Å²) in [7, 11) is 4.09. The summed E-state index contributed by atoms with van der Waals surface area (Å²) in [5.74, 6) is 0. The van der Waals surface area contributed by atoms with E-state index in [0.29, 0.717) is 0 Å². The van der Waals surface area contributed by atoms with Crippen molar-refractivity contribution in [3.63, 3.8) is 0 Å². The van der Waals surface area contributed by atoms with E-state index in [1.165, 1.54) is 27.6 Å². The molecule has 0 spiro atoms. The molecule has 0 unspecified atom stereocenters. The molecule has 4 rings (SSSR count). The van der Waals surface area contributed by atoms with Crippen LogP contribution in [0.3, 0.4) is 0 Å². The van der Waals surface area contributed by atoms with Gasteiger partial charge in [0.05, 0.1) is 0 Å². The van der Waals surface area contributed by atoms with E-state index in [1.54, 1.807) is 0 Å². The van der Waals surface area contributed by atoms with Crippen molar-refractivity contribution >= 4 is 28.6 Å². The van der Waals surface area contributed by atoms with E-state index in [1.807, 2.05) is 33.3 Å². The number of fused-ring (bicyclic) bond motifs is 1. The Hall–Kier alpha value is -3.39. The topological polar surface area (TPSA) is 16.1 Å². The number of benzene rings is 3. The Kier molecular flexibility index (Phi) is 6.59. The first kappa shape index (κ1) is 19.4. The van der Waals surface area contributed by atoms with Crippen molar-refractivity contribution in [2.24, 2.45) is 0 Å². The van der Waals surface area contributed by atoms with E-state index in [9.17, 15) is 0 Å². The Balaban J connectivity index is 0.000000188. The molecule has 0 saturated carbocycles. The van der Waals surface area contributed by atoms with Crippen LogP contribution < -0.4 is 4.90 Å². The maximum atomic E-state index is 4.19. The van der Waals surface area contributed by atoms with Gasteiger partial charge >= 0.3 is 0 Å². The van der Waals surface area contributed by atoms with Crippen LogP contribution in [-0.4, -0.2) is 19.1 Å². The molecule has 28 heavy (non-hydrogen) atoms. The molecule has 0 saturated heterocycles. The number of pyridine rings is 1. The number of aryl methyl sites for hydroxylation is 1. The van der Waals surface area contributed by atoms with Crippen LogP contribution in [0, 0.1) is 6.92 Å². The Morgan fingerprint density at radius 1 is 0.679 bits per heavy atom. The van der Waals surface area contributed by atoms with Crippen LogP contribution in [0.4, 0.5) is 5.69 Å². The Labute approximate surface area is 167 Å². The van der Waals surface area contributed by atoms with E-state index in [2.05, 4.69) is 101 Å². The smallest absolute Gasteiger partial charge is 0.0378 e. The van der Waals surface area contributed by atoms with Crippen LogP contribution in [0.25, 0.3) is 22.9 Å². The second kappa shape index (κ2) is 9.52. The summed E-state index contributed by atoms with van der Waals surface area (Å²) in [5.41, 5.74) is 4.64. The number of hydrogen-bond donors (Lipinski definition) is 0. The first-order valence-electron chi connectivity index (χ1n) is 9.44. The highest BCUT2D eigenvalue weighted by molar-refractivity contribution is 5.82. The molecule has 0 atom stereocenters. The zero-order valence-electron chi connectivity index (χ0n) is 16.7. The van der Waals surface area contributed by atoms with Crippen LogP contribution in [0.5, 0.6) is 0 Å². The van der Waals surface area contributed by atoms with Crippen LogP contribution >= 0.6 is 0 Å². The van der Waals surface area contributed by atoms with Crippen molar-refractivity contribution in [2.45, 2.75) is 6.92 Å². The van der Waals surface area contributed by atoms with Crippen molar-refractivity contribution in [1.29, 1.82) is 0 Å². The molecule has 0 aliphatic carbocycles. The molecule has 0 bridgehead atoms. The molecule has 1 heterocycles. The quantitative estimate of drug-likeness (QED) is 0.413. The molecule has 0 aliphatic rings. The Morgan fingerprint density at radius 3 is 1.71 bits per heavy atom. The predicted octanol–water partition coefficient (Wildman–Crippen LogP) is 6.47. The fraction of sp³-hybridized carbons (Fsp3) is 0.115. The molecular formula is C26H26N2. The van der Waals surface area contributed by atoms with Gasteiger partial charge in [0, 0.05) is 31.7 Å². The minimum Gasteiger partial charge on any atom is -0.378 e. The number of aromatic nitrogens is 1. The lowest BCUT2D eigenvalue weighted by atomic mass is 10.1. The van der Waals surface area contributed by atoms with Gasteiger partial charge < -0.3 is 4.90 Å². The minimum absolute atomic E-state index is 1.04. The number of hydrogen-bond acceptors (Lipinski definition) is 2. The van der Waals surface area contributed by atoms with Crippen molar-refractivity contribution in [1.82, 2.24) is 4.98 Å². The molecule has 1 aromatic heterocycles. The average molecular weight is 367 g/mol. The first-order chi connectivity index (χ1) is 13.6. The summed E-state index contributed by atoms with van der Waals surface area (Å²) in [6, 6.07) is 29.3. The van der Waals surface area contributed by atoms with Gasteiger partial charge in [0.15, 0.2) is 0 Å². The van der Waals surface area contributed by atoms with Crippen molar-refractivity contribution in [2.75, 3.05) is 19.0 Å². The van der Waals surface area contributed by atoms with Crippen molar-refractivity contribution in [3.8, 4) is 0 Å². The zero-order chi connectivity index (χ0) is 19.8. The van der Waals surface area contributed by atoms with Crippen LogP contribution in [0.1, 0.15) is 16.8 Å². The normalized spacial score (nSPS) is 10.5. The number of nitrogens with zero attached hydrogens (tertiary/aromatic N) is 2. The monoisotopic (exact) mass is 366 g/mol. The average Bonchev–Trinajstić information content (AvgIpc) is 2.73. The fourth-order valence-corrected chi connectivity index (χ4v) is 2.88. The third kappa shape index (κ3) is 5.55. The summed E-state index contributed by atoms with van der Waals surface area (Å²) in [6.45, 7) is 2.00. The maximum absolute atomic E-state index is 4.19. The molecule has 0 fully saturated rings. The van der Waals surface area contributed by atoms with E-state index in [0.717, 1.165) is 5.69 Å². The summed E-state index contributed by atoms with van der Waals surface area (Å²) in [4.78, 5) is 6.28. The second-order valence-corrected chi connectivity index (χ2v) is 6.90.